The molecule has 0 radical (unpaired) electrons. The Morgan fingerprint density at radius 2 is 1.77 bits per heavy atom. The first-order valence-corrected chi connectivity index (χ1v) is 14.5. The van der Waals surface area contributed by atoms with Crippen LogP contribution in [0.4, 0.5) is 0 Å². The molecule has 39 heavy (non-hydrogen) atoms. The summed E-state index contributed by atoms with van der Waals surface area (Å²) in [5, 5.41) is 2.05. The van der Waals surface area contributed by atoms with Gasteiger partial charge in [0.1, 0.15) is 0 Å². The van der Waals surface area contributed by atoms with E-state index in [0.717, 1.165) is 79.5 Å². The summed E-state index contributed by atoms with van der Waals surface area (Å²) < 4.78 is 5.50. The normalized spacial score (nSPS) is 20.8. The molecule has 8 heteroatoms. The molecule has 2 aliphatic heterocycles. The second kappa shape index (κ2) is 12.2. The molecule has 2 atom stereocenters. The summed E-state index contributed by atoms with van der Waals surface area (Å²) in [5.41, 5.74) is 3.69. The summed E-state index contributed by atoms with van der Waals surface area (Å²) in [6, 6.07) is 14.1. The summed E-state index contributed by atoms with van der Waals surface area (Å²) in [4.78, 5) is 34.3. The number of benzene rings is 2. The molecule has 6 nitrogen and oxygen atoms in total. The van der Waals surface area contributed by atoms with Gasteiger partial charge in [0.2, 0.25) is 0 Å². The van der Waals surface area contributed by atoms with Crippen molar-refractivity contribution in [1.29, 1.82) is 0 Å². The number of pyridine rings is 1. The highest BCUT2D eigenvalue weighted by molar-refractivity contribution is 6.42. The van der Waals surface area contributed by atoms with Crippen LogP contribution in [-0.4, -0.2) is 65.5 Å². The first kappa shape index (κ1) is 27.9. The third kappa shape index (κ3) is 6.40. The first-order chi connectivity index (χ1) is 18.8. The van der Waals surface area contributed by atoms with Gasteiger partial charge in [-0.05, 0) is 74.4 Å². The highest BCUT2D eigenvalue weighted by atomic mass is 35.5. The van der Waals surface area contributed by atoms with Crippen molar-refractivity contribution in [1.82, 2.24) is 14.8 Å². The summed E-state index contributed by atoms with van der Waals surface area (Å²) in [7, 11) is 0. The second-order valence-corrected chi connectivity index (χ2v) is 11.7. The van der Waals surface area contributed by atoms with E-state index in [4.69, 9.17) is 27.9 Å². The molecule has 5 rings (SSSR count). The highest BCUT2D eigenvalue weighted by Gasteiger charge is 2.35. The van der Waals surface area contributed by atoms with Crippen molar-refractivity contribution < 1.29 is 14.3 Å². The fourth-order valence-electron chi connectivity index (χ4n) is 6.21. The quantitative estimate of drug-likeness (QED) is 0.332. The van der Waals surface area contributed by atoms with E-state index in [9.17, 15) is 9.59 Å². The van der Waals surface area contributed by atoms with E-state index in [-0.39, 0.29) is 17.8 Å². The van der Waals surface area contributed by atoms with Crippen LogP contribution in [0.2, 0.25) is 10.0 Å². The first-order valence-electron chi connectivity index (χ1n) is 13.7. The molecule has 2 fully saturated rings. The maximum Gasteiger partial charge on any atom is 0.302 e. The topological polar surface area (TPSA) is 62.7 Å². The van der Waals surface area contributed by atoms with E-state index in [0.29, 0.717) is 28.6 Å². The zero-order chi connectivity index (χ0) is 27.5. The number of rotatable bonds is 6. The molecular formula is C31H35Cl2N3O3. The molecule has 2 aromatic carbocycles. The number of esters is 1. The summed E-state index contributed by atoms with van der Waals surface area (Å²) in [6.07, 6.45) is 5.57. The minimum atomic E-state index is -0.244. The average Bonchev–Trinajstić information content (AvgIpc) is 2.94. The van der Waals surface area contributed by atoms with Gasteiger partial charge in [-0.15, -0.1) is 0 Å². The molecule has 0 N–H and O–H groups in total. The third-order valence-corrected chi connectivity index (χ3v) is 9.09. The van der Waals surface area contributed by atoms with Crippen LogP contribution >= 0.6 is 23.2 Å². The Kier molecular flexibility index (Phi) is 8.75. The van der Waals surface area contributed by atoms with Crippen LogP contribution < -0.4 is 0 Å². The van der Waals surface area contributed by atoms with Gasteiger partial charge in [0, 0.05) is 50.1 Å². The van der Waals surface area contributed by atoms with Crippen molar-refractivity contribution in [2.45, 2.75) is 45.6 Å². The number of hydrogen-bond acceptors (Lipinski definition) is 5. The van der Waals surface area contributed by atoms with Crippen molar-refractivity contribution in [2.75, 3.05) is 32.8 Å². The standard InChI is InChI=1S/C31H35Cl2N3O3/c1-20-17-34-29-6-4-3-5-26(29)30(20)31(38)35-13-10-25(11-14-35)36-12-9-23(24(18-36)19-39-21(2)37)15-22-7-8-27(32)28(33)16-22/h3-8,16-17,23-25H,9-15,18-19H2,1-2H3/t23-,24+/m1/s1. The van der Waals surface area contributed by atoms with Crippen LogP contribution in [0.3, 0.4) is 0 Å². The number of aryl methyl sites for hydroxylation is 1. The molecular weight excluding hydrogens is 533 g/mol. The van der Waals surface area contributed by atoms with E-state index in [1.807, 2.05) is 54.3 Å². The minimum absolute atomic E-state index is 0.0950. The maximum atomic E-state index is 13.6. The summed E-state index contributed by atoms with van der Waals surface area (Å²) in [6.45, 7) is 7.19. The van der Waals surface area contributed by atoms with Gasteiger partial charge < -0.3 is 9.64 Å². The lowest BCUT2D eigenvalue weighted by Gasteiger charge is -2.45. The van der Waals surface area contributed by atoms with Gasteiger partial charge >= 0.3 is 5.97 Å². The Labute approximate surface area is 240 Å². The Bertz CT molecular complexity index is 1360. The number of nitrogens with zero attached hydrogens (tertiary/aromatic N) is 3. The average molecular weight is 569 g/mol. The predicted octanol–water partition coefficient (Wildman–Crippen LogP) is 6.20. The molecule has 2 aliphatic rings. The number of aromatic nitrogens is 1. The van der Waals surface area contributed by atoms with Crippen molar-refractivity contribution in [2.24, 2.45) is 11.8 Å². The molecule has 0 unspecified atom stereocenters. The van der Waals surface area contributed by atoms with Gasteiger partial charge in [0.05, 0.1) is 27.7 Å². The Balaban J connectivity index is 1.23. The number of carbonyl (C=O) groups is 2. The van der Waals surface area contributed by atoms with Crippen molar-refractivity contribution in [3.63, 3.8) is 0 Å². The molecule has 1 aromatic heterocycles. The van der Waals surface area contributed by atoms with E-state index in [1.54, 1.807) is 6.20 Å². The number of fused-ring (bicyclic) bond motifs is 1. The van der Waals surface area contributed by atoms with Crippen molar-refractivity contribution >= 4 is 46.0 Å². The maximum absolute atomic E-state index is 13.6. The minimum Gasteiger partial charge on any atom is -0.466 e. The van der Waals surface area contributed by atoms with Crippen molar-refractivity contribution in [3.8, 4) is 0 Å². The van der Waals surface area contributed by atoms with Gasteiger partial charge in [-0.1, -0.05) is 47.5 Å². The number of carbonyl (C=O) groups excluding carboxylic acids is 2. The van der Waals surface area contributed by atoms with Gasteiger partial charge in [0.25, 0.3) is 5.91 Å². The van der Waals surface area contributed by atoms with Crippen molar-refractivity contribution in [3.05, 3.63) is 75.4 Å². The molecule has 1 amide bonds. The number of amides is 1. The zero-order valence-corrected chi connectivity index (χ0v) is 24.0. The molecule has 0 aliphatic carbocycles. The molecule has 0 saturated carbocycles. The van der Waals surface area contributed by atoms with E-state index in [1.165, 1.54) is 6.92 Å². The van der Waals surface area contributed by atoms with Crippen LogP contribution in [0.15, 0.2) is 48.7 Å². The third-order valence-electron chi connectivity index (χ3n) is 8.35. The van der Waals surface area contributed by atoms with Crippen LogP contribution in [0.5, 0.6) is 0 Å². The van der Waals surface area contributed by atoms with Gasteiger partial charge in [-0.25, -0.2) is 0 Å². The Morgan fingerprint density at radius 3 is 2.51 bits per heavy atom. The van der Waals surface area contributed by atoms with E-state index >= 15 is 0 Å². The monoisotopic (exact) mass is 567 g/mol. The van der Waals surface area contributed by atoms with Crippen LogP contribution in [-0.2, 0) is 16.0 Å². The molecule has 0 spiro atoms. The Morgan fingerprint density at radius 1 is 1.00 bits per heavy atom. The number of likely N-dealkylation sites (tertiary alicyclic amines) is 2. The van der Waals surface area contributed by atoms with Crippen LogP contribution in [0.1, 0.15) is 47.7 Å². The molecule has 3 heterocycles. The molecule has 3 aromatic rings. The summed E-state index contributed by atoms with van der Waals surface area (Å²) in [5.74, 6) is 0.480. The second-order valence-electron chi connectivity index (χ2n) is 10.9. The number of ether oxygens (including phenoxy) is 1. The summed E-state index contributed by atoms with van der Waals surface area (Å²) >= 11 is 12.4. The largest absolute Gasteiger partial charge is 0.466 e. The molecule has 0 bridgehead atoms. The smallest absolute Gasteiger partial charge is 0.302 e. The zero-order valence-electron chi connectivity index (χ0n) is 22.5. The van der Waals surface area contributed by atoms with Crippen LogP contribution in [0.25, 0.3) is 10.9 Å². The fraction of sp³-hybridized carbons (Fsp3) is 0.452. The van der Waals surface area contributed by atoms with E-state index in [2.05, 4.69) is 9.88 Å². The number of para-hydroxylation sites is 1. The SMILES string of the molecule is CC(=O)OC[C@@H]1CN(C2CCN(C(=O)c3c(C)cnc4ccccc34)CC2)CC[C@@H]1Cc1ccc(Cl)c(Cl)c1. The lowest BCUT2D eigenvalue weighted by molar-refractivity contribution is -0.143. The van der Waals surface area contributed by atoms with Gasteiger partial charge in [-0.3, -0.25) is 19.5 Å². The fourth-order valence-corrected chi connectivity index (χ4v) is 6.53. The van der Waals surface area contributed by atoms with Gasteiger partial charge in [-0.2, -0.15) is 0 Å². The Hall–Kier alpha value is -2.67. The van der Waals surface area contributed by atoms with Gasteiger partial charge in [0.15, 0.2) is 0 Å². The lowest BCUT2D eigenvalue weighted by Crippen LogP contribution is -2.52. The number of halogens is 2. The van der Waals surface area contributed by atoms with E-state index < -0.39 is 0 Å². The van der Waals surface area contributed by atoms with Crippen LogP contribution in [0, 0.1) is 18.8 Å². The lowest BCUT2D eigenvalue weighted by atomic mass is 9.80. The predicted molar refractivity (Wildman–Crippen MR) is 155 cm³/mol. The molecule has 2 saturated heterocycles. The number of piperidine rings is 2. The number of hydrogen-bond donors (Lipinski definition) is 0. The molecule has 206 valence electrons. The highest BCUT2D eigenvalue weighted by Crippen LogP contribution is 2.33.